The summed E-state index contributed by atoms with van der Waals surface area (Å²) in [6.45, 7) is 0.562. The Morgan fingerprint density at radius 2 is 2.00 bits per heavy atom. The molecule has 0 aliphatic carbocycles. The molecule has 0 aromatic heterocycles. The van der Waals surface area contributed by atoms with Gasteiger partial charge in [-0.3, -0.25) is 9.69 Å². The number of aliphatic carboxylic acids is 1. The first-order valence-corrected chi connectivity index (χ1v) is 7.62. The van der Waals surface area contributed by atoms with Crippen molar-refractivity contribution in [2.75, 3.05) is 12.3 Å². The molecule has 2 rings (SSSR count). The fourth-order valence-corrected chi connectivity index (χ4v) is 2.79. The fourth-order valence-electron chi connectivity index (χ4n) is 2.30. The number of carboxylic acid groups (broad SMARTS) is 1. The van der Waals surface area contributed by atoms with E-state index in [9.17, 15) is 18.3 Å². The molecule has 19 heavy (non-hydrogen) atoms. The molecule has 0 saturated heterocycles. The van der Waals surface area contributed by atoms with E-state index in [-0.39, 0.29) is 12.3 Å². The molecule has 1 aliphatic rings. The van der Waals surface area contributed by atoms with Crippen LogP contribution in [0, 0.1) is 0 Å². The predicted molar refractivity (Wildman–Crippen MR) is 70.0 cm³/mol. The lowest BCUT2D eigenvalue weighted by atomic mass is 9.94. The summed E-state index contributed by atoms with van der Waals surface area (Å²) >= 11 is 0. The van der Waals surface area contributed by atoms with E-state index in [1.165, 1.54) is 0 Å². The summed E-state index contributed by atoms with van der Waals surface area (Å²) in [6.07, 6.45) is 0.385. The van der Waals surface area contributed by atoms with Crippen LogP contribution in [0.3, 0.4) is 0 Å². The first-order valence-electron chi connectivity index (χ1n) is 5.91. The highest BCUT2D eigenvalue weighted by atomic mass is 32.2. The Hall–Kier alpha value is -1.44. The number of nitrogens with zero attached hydrogens (tertiary/aromatic N) is 1. The van der Waals surface area contributed by atoms with Crippen LogP contribution < -0.4 is 5.14 Å². The van der Waals surface area contributed by atoms with E-state index in [2.05, 4.69) is 0 Å². The third-order valence-electron chi connectivity index (χ3n) is 3.29. The molecule has 0 fully saturated rings. The Morgan fingerprint density at radius 1 is 1.37 bits per heavy atom. The molecular formula is C12H16N2O4S. The Morgan fingerprint density at radius 3 is 2.58 bits per heavy atom. The maximum atomic E-state index is 11.3. The summed E-state index contributed by atoms with van der Waals surface area (Å²) in [5, 5.41) is 14.2. The van der Waals surface area contributed by atoms with Crippen LogP contribution in [0.25, 0.3) is 0 Å². The van der Waals surface area contributed by atoms with Crippen molar-refractivity contribution < 1.29 is 18.3 Å². The van der Waals surface area contributed by atoms with Gasteiger partial charge in [-0.15, -0.1) is 0 Å². The van der Waals surface area contributed by atoms with Gasteiger partial charge < -0.3 is 5.11 Å². The van der Waals surface area contributed by atoms with E-state index < -0.39 is 22.0 Å². The van der Waals surface area contributed by atoms with Gasteiger partial charge in [0.25, 0.3) is 0 Å². The third-order valence-corrected chi connectivity index (χ3v) is 4.05. The number of carboxylic acids is 1. The van der Waals surface area contributed by atoms with Crippen molar-refractivity contribution >= 4 is 16.0 Å². The maximum absolute atomic E-state index is 11.3. The highest BCUT2D eigenvalue weighted by molar-refractivity contribution is 7.89. The summed E-state index contributed by atoms with van der Waals surface area (Å²) in [6, 6.07) is 6.89. The number of benzene rings is 1. The van der Waals surface area contributed by atoms with Crippen LogP contribution in [-0.2, 0) is 27.8 Å². The van der Waals surface area contributed by atoms with Gasteiger partial charge in [-0.25, -0.2) is 13.6 Å². The van der Waals surface area contributed by atoms with E-state index in [0.29, 0.717) is 13.0 Å². The van der Waals surface area contributed by atoms with Gasteiger partial charge in [-0.1, -0.05) is 24.3 Å². The van der Waals surface area contributed by atoms with Crippen molar-refractivity contribution in [1.29, 1.82) is 0 Å². The molecule has 0 bridgehead atoms. The second-order valence-electron chi connectivity index (χ2n) is 4.66. The van der Waals surface area contributed by atoms with E-state index in [0.717, 1.165) is 11.1 Å². The molecule has 104 valence electrons. The van der Waals surface area contributed by atoms with Crippen molar-refractivity contribution in [2.24, 2.45) is 5.14 Å². The number of rotatable bonds is 4. The van der Waals surface area contributed by atoms with Gasteiger partial charge in [0.2, 0.25) is 10.0 Å². The van der Waals surface area contributed by atoms with Crippen LogP contribution in [0.5, 0.6) is 0 Å². The summed E-state index contributed by atoms with van der Waals surface area (Å²) in [7, 11) is -3.58. The zero-order valence-electron chi connectivity index (χ0n) is 10.3. The molecule has 1 atom stereocenters. The van der Waals surface area contributed by atoms with Crippen LogP contribution >= 0.6 is 0 Å². The van der Waals surface area contributed by atoms with E-state index in [1.54, 1.807) is 4.90 Å². The van der Waals surface area contributed by atoms with Crippen molar-refractivity contribution in [3.05, 3.63) is 35.4 Å². The Kier molecular flexibility index (Phi) is 3.88. The minimum Gasteiger partial charge on any atom is -0.480 e. The maximum Gasteiger partial charge on any atom is 0.321 e. The third kappa shape index (κ3) is 3.52. The highest BCUT2D eigenvalue weighted by Crippen LogP contribution is 2.23. The number of fused-ring (bicyclic) bond motifs is 1. The molecule has 0 saturated carbocycles. The zero-order valence-corrected chi connectivity index (χ0v) is 11.1. The molecule has 6 nitrogen and oxygen atoms in total. The number of hydrogen-bond donors (Lipinski definition) is 2. The molecule has 1 aromatic rings. The Balaban J connectivity index is 2.19. The second kappa shape index (κ2) is 5.28. The molecule has 3 N–H and O–H groups in total. The van der Waals surface area contributed by atoms with Crippen LogP contribution in [-0.4, -0.2) is 42.7 Å². The van der Waals surface area contributed by atoms with Crippen LogP contribution in [0.1, 0.15) is 11.1 Å². The monoisotopic (exact) mass is 284 g/mol. The average Bonchev–Trinajstić information content (AvgIpc) is 2.34. The molecule has 7 heteroatoms. The lowest BCUT2D eigenvalue weighted by Gasteiger charge is -2.34. The quantitative estimate of drug-likeness (QED) is 0.796. The van der Waals surface area contributed by atoms with Crippen LogP contribution in [0.4, 0.5) is 0 Å². The first-order chi connectivity index (χ1) is 8.87. The topological polar surface area (TPSA) is 101 Å². The average molecular weight is 284 g/mol. The summed E-state index contributed by atoms with van der Waals surface area (Å²) < 4.78 is 22.0. The minimum atomic E-state index is -3.58. The Labute approximate surface area is 111 Å². The van der Waals surface area contributed by atoms with E-state index in [1.807, 2.05) is 24.3 Å². The van der Waals surface area contributed by atoms with Gasteiger partial charge in [0.05, 0.1) is 5.75 Å². The molecular weight excluding hydrogens is 268 g/mol. The highest BCUT2D eigenvalue weighted by Gasteiger charge is 2.31. The van der Waals surface area contributed by atoms with Crippen molar-refractivity contribution in [3.8, 4) is 0 Å². The van der Waals surface area contributed by atoms with Crippen LogP contribution in [0.2, 0.25) is 0 Å². The Bertz CT molecular complexity index is 585. The van der Waals surface area contributed by atoms with Crippen molar-refractivity contribution in [1.82, 2.24) is 4.90 Å². The standard InChI is InChI=1S/C12H16N2O4S/c13-19(17,18)6-5-14-8-10-4-2-1-3-9(10)7-11(14)12(15)16/h1-4,11H,5-8H2,(H,15,16)(H2,13,17,18). The van der Waals surface area contributed by atoms with Gasteiger partial charge in [0, 0.05) is 13.1 Å². The predicted octanol–water partition coefficient (Wildman–Crippen LogP) is -0.214. The van der Waals surface area contributed by atoms with Crippen LogP contribution in [0.15, 0.2) is 24.3 Å². The van der Waals surface area contributed by atoms with Gasteiger partial charge in [-0.2, -0.15) is 0 Å². The molecule has 0 amide bonds. The normalized spacial score (nSPS) is 19.9. The molecule has 1 unspecified atom stereocenters. The van der Waals surface area contributed by atoms with Gasteiger partial charge in [-0.05, 0) is 17.5 Å². The fraction of sp³-hybridized carbons (Fsp3) is 0.417. The smallest absolute Gasteiger partial charge is 0.321 e. The number of nitrogens with two attached hydrogens (primary N) is 1. The second-order valence-corrected chi connectivity index (χ2v) is 6.40. The summed E-state index contributed by atoms with van der Waals surface area (Å²) in [4.78, 5) is 12.9. The largest absolute Gasteiger partial charge is 0.480 e. The number of hydrogen-bond acceptors (Lipinski definition) is 4. The van der Waals surface area contributed by atoms with Crippen molar-refractivity contribution in [3.63, 3.8) is 0 Å². The minimum absolute atomic E-state index is 0.129. The van der Waals surface area contributed by atoms with Gasteiger partial charge >= 0.3 is 5.97 Å². The van der Waals surface area contributed by atoms with Crippen molar-refractivity contribution in [2.45, 2.75) is 19.0 Å². The van der Waals surface area contributed by atoms with Gasteiger partial charge in [0.1, 0.15) is 6.04 Å². The lowest BCUT2D eigenvalue weighted by Crippen LogP contribution is -2.47. The summed E-state index contributed by atoms with van der Waals surface area (Å²) in [5.74, 6) is -1.18. The first kappa shape index (κ1) is 14.0. The number of sulfonamides is 1. The zero-order chi connectivity index (χ0) is 14.0. The molecule has 0 radical (unpaired) electrons. The number of carbonyl (C=O) groups is 1. The number of primary sulfonamides is 1. The van der Waals surface area contributed by atoms with E-state index >= 15 is 0 Å². The molecule has 1 aromatic carbocycles. The molecule has 1 heterocycles. The summed E-state index contributed by atoms with van der Waals surface area (Å²) in [5.41, 5.74) is 2.04. The molecule has 0 spiro atoms. The molecule has 1 aliphatic heterocycles. The SMILES string of the molecule is NS(=O)(=O)CCN1Cc2ccccc2CC1C(=O)O. The van der Waals surface area contributed by atoms with E-state index in [4.69, 9.17) is 5.14 Å². The van der Waals surface area contributed by atoms with Gasteiger partial charge in [0.15, 0.2) is 0 Å². The lowest BCUT2D eigenvalue weighted by molar-refractivity contribution is -0.143.